The van der Waals surface area contributed by atoms with E-state index in [1.54, 1.807) is 12.1 Å². The third-order valence-electron chi connectivity index (χ3n) is 3.19. The number of hydrogen-bond donors (Lipinski definition) is 1. The summed E-state index contributed by atoms with van der Waals surface area (Å²) in [5.41, 5.74) is 1.24. The van der Waals surface area contributed by atoms with E-state index in [0.29, 0.717) is 23.8 Å². The summed E-state index contributed by atoms with van der Waals surface area (Å²) in [7, 11) is 0. The van der Waals surface area contributed by atoms with Crippen molar-refractivity contribution < 1.29 is 14.3 Å². The Morgan fingerprint density at radius 3 is 2.29 bits per heavy atom. The molecule has 0 atom stereocenters. The van der Waals surface area contributed by atoms with Crippen LogP contribution in [0.3, 0.4) is 0 Å². The van der Waals surface area contributed by atoms with Crippen LogP contribution < -0.4 is 14.8 Å². The average Bonchev–Trinajstić information content (AvgIpc) is 2.54. The number of carbonyl (C=O) groups is 1. The van der Waals surface area contributed by atoms with Crippen LogP contribution in [0.1, 0.15) is 38.1 Å². The first-order valence-electron chi connectivity index (χ1n) is 8.25. The van der Waals surface area contributed by atoms with Crippen LogP contribution in [0.15, 0.2) is 48.5 Å². The molecule has 0 aromatic heterocycles. The summed E-state index contributed by atoms with van der Waals surface area (Å²) in [6, 6.07) is 14.6. The highest BCUT2D eigenvalue weighted by atomic mass is 16.5. The highest BCUT2D eigenvalue weighted by Gasteiger charge is 2.13. The van der Waals surface area contributed by atoms with Gasteiger partial charge < -0.3 is 14.8 Å². The first kappa shape index (κ1) is 17.9. The predicted molar refractivity (Wildman–Crippen MR) is 96.9 cm³/mol. The molecule has 128 valence electrons. The first-order chi connectivity index (χ1) is 11.5. The maximum atomic E-state index is 12.5. The van der Waals surface area contributed by atoms with Crippen LogP contribution in [0, 0.1) is 5.92 Å². The SMILES string of the molecule is CC(C)COc1ccc(NC(=O)c2ccccc2OC(C)C)cc1. The monoisotopic (exact) mass is 327 g/mol. The zero-order chi connectivity index (χ0) is 17.5. The van der Waals surface area contributed by atoms with Gasteiger partial charge in [0.2, 0.25) is 0 Å². The molecule has 0 spiro atoms. The molecule has 2 rings (SSSR count). The van der Waals surface area contributed by atoms with E-state index in [4.69, 9.17) is 9.47 Å². The minimum atomic E-state index is -0.193. The lowest BCUT2D eigenvalue weighted by Gasteiger charge is -2.14. The number of ether oxygens (including phenoxy) is 2. The van der Waals surface area contributed by atoms with Crippen molar-refractivity contribution >= 4 is 11.6 Å². The quantitative estimate of drug-likeness (QED) is 0.797. The molecule has 0 unspecified atom stereocenters. The molecular formula is C20H25NO3. The smallest absolute Gasteiger partial charge is 0.259 e. The summed E-state index contributed by atoms with van der Waals surface area (Å²) in [6.07, 6.45) is 0.0105. The lowest BCUT2D eigenvalue weighted by atomic mass is 10.1. The van der Waals surface area contributed by atoms with Gasteiger partial charge in [-0.2, -0.15) is 0 Å². The predicted octanol–water partition coefficient (Wildman–Crippen LogP) is 4.76. The summed E-state index contributed by atoms with van der Waals surface area (Å²) >= 11 is 0. The number of benzene rings is 2. The number of para-hydroxylation sites is 1. The van der Waals surface area contributed by atoms with E-state index in [1.807, 2.05) is 50.2 Å². The fraction of sp³-hybridized carbons (Fsp3) is 0.350. The summed E-state index contributed by atoms with van der Waals surface area (Å²) < 4.78 is 11.3. The Labute approximate surface area is 143 Å². The van der Waals surface area contributed by atoms with Crippen LogP contribution in [0.5, 0.6) is 11.5 Å². The number of carbonyl (C=O) groups excluding carboxylic acids is 1. The van der Waals surface area contributed by atoms with Gasteiger partial charge in [-0.3, -0.25) is 4.79 Å². The highest BCUT2D eigenvalue weighted by molar-refractivity contribution is 6.06. The molecule has 4 nitrogen and oxygen atoms in total. The van der Waals surface area contributed by atoms with Crippen LogP contribution in [-0.2, 0) is 0 Å². The Hall–Kier alpha value is -2.49. The molecule has 1 amide bonds. The number of rotatable bonds is 7. The molecule has 2 aromatic rings. The molecular weight excluding hydrogens is 302 g/mol. The van der Waals surface area contributed by atoms with Crippen LogP contribution in [0.2, 0.25) is 0 Å². The molecule has 0 aliphatic heterocycles. The maximum Gasteiger partial charge on any atom is 0.259 e. The Kier molecular flexibility index (Phi) is 6.24. The van der Waals surface area contributed by atoms with Gasteiger partial charge in [0, 0.05) is 5.69 Å². The fourth-order valence-corrected chi connectivity index (χ4v) is 2.11. The number of anilines is 1. The number of hydrogen-bond acceptors (Lipinski definition) is 3. The molecule has 0 fully saturated rings. The van der Waals surface area contributed by atoms with Crippen molar-refractivity contribution in [3.05, 3.63) is 54.1 Å². The normalized spacial score (nSPS) is 10.8. The Morgan fingerprint density at radius 1 is 1.00 bits per heavy atom. The van der Waals surface area contributed by atoms with Gasteiger partial charge in [0.1, 0.15) is 11.5 Å². The van der Waals surface area contributed by atoms with E-state index >= 15 is 0 Å². The van der Waals surface area contributed by atoms with Gasteiger partial charge in [0.05, 0.1) is 18.3 Å². The lowest BCUT2D eigenvalue weighted by molar-refractivity contribution is 0.102. The first-order valence-corrected chi connectivity index (χ1v) is 8.25. The standard InChI is InChI=1S/C20H25NO3/c1-14(2)13-23-17-11-9-16(10-12-17)21-20(22)18-7-5-6-8-19(18)24-15(3)4/h5-12,14-15H,13H2,1-4H3,(H,21,22). The second-order valence-corrected chi connectivity index (χ2v) is 6.35. The molecule has 0 heterocycles. The fourth-order valence-electron chi connectivity index (χ4n) is 2.11. The van der Waals surface area contributed by atoms with Gasteiger partial charge in [0.15, 0.2) is 0 Å². The average molecular weight is 327 g/mol. The Balaban J connectivity index is 2.04. The van der Waals surface area contributed by atoms with Crippen molar-refractivity contribution in [3.63, 3.8) is 0 Å². The number of nitrogens with one attached hydrogen (secondary N) is 1. The van der Waals surface area contributed by atoms with Crippen LogP contribution in [0.25, 0.3) is 0 Å². The highest BCUT2D eigenvalue weighted by Crippen LogP contribution is 2.22. The van der Waals surface area contributed by atoms with Gasteiger partial charge in [-0.25, -0.2) is 0 Å². The van der Waals surface area contributed by atoms with E-state index in [1.165, 1.54) is 0 Å². The van der Waals surface area contributed by atoms with Crippen molar-refractivity contribution in [1.82, 2.24) is 0 Å². The maximum absolute atomic E-state index is 12.5. The molecule has 0 radical (unpaired) electrons. The van der Waals surface area contributed by atoms with Gasteiger partial charge in [0.25, 0.3) is 5.91 Å². The summed E-state index contributed by atoms with van der Waals surface area (Å²) in [5, 5.41) is 2.89. The Bertz CT molecular complexity index is 663. The van der Waals surface area contributed by atoms with Gasteiger partial charge >= 0.3 is 0 Å². The summed E-state index contributed by atoms with van der Waals surface area (Å²) in [5.74, 6) is 1.66. The minimum Gasteiger partial charge on any atom is -0.493 e. The molecule has 0 aliphatic carbocycles. The Morgan fingerprint density at radius 2 is 1.67 bits per heavy atom. The van der Waals surface area contributed by atoms with E-state index in [2.05, 4.69) is 19.2 Å². The van der Waals surface area contributed by atoms with Crippen molar-refractivity contribution in [2.45, 2.75) is 33.8 Å². The van der Waals surface area contributed by atoms with Crippen LogP contribution in [0.4, 0.5) is 5.69 Å². The molecule has 0 saturated heterocycles. The molecule has 0 aliphatic rings. The second-order valence-electron chi connectivity index (χ2n) is 6.35. The van der Waals surface area contributed by atoms with Crippen molar-refractivity contribution in [3.8, 4) is 11.5 Å². The summed E-state index contributed by atoms with van der Waals surface area (Å²) in [6.45, 7) is 8.75. The van der Waals surface area contributed by atoms with E-state index in [9.17, 15) is 4.79 Å². The zero-order valence-electron chi connectivity index (χ0n) is 14.7. The van der Waals surface area contributed by atoms with Gasteiger partial charge in [-0.1, -0.05) is 26.0 Å². The number of amides is 1. The topological polar surface area (TPSA) is 47.6 Å². The minimum absolute atomic E-state index is 0.0105. The third kappa shape index (κ3) is 5.30. The second kappa shape index (κ2) is 8.39. The van der Waals surface area contributed by atoms with Gasteiger partial charge in [-0.05, 0) is 56.2 Å². The molecule has 24 heavy (non-hydrogen) atoms. The van der Waals surface area contributed by atoms with Crippen LogP contribution >= 0.6 is 0 Å². The lowest BCUT2D eigenvalue weighted by Crippen LogP contribution is -2.15. The third-order valence-corrected chi connectivity index (χ3v) is 3.19. The van der Waals surface area contributed by atoms with E-state index < -0.39 is 0 Å². The van der Waals surface area contributed by atoms with Crippen molar-refractivity contribution in [1.29, 1.82) is 0 Å². The molecule has 2 aromatic carbocycles. The molecule has 1 N–H and O–H groups in total. The van der Waals surface area contributed by atoms with E-state index in [0.717, 1.165) is 11.4 Å². The van der Waals surface area contributed by atoms with E-state index in [-0.39, 0.29) is 12.0 Å². The van der Waals surface area contributed by atoms with Crippen LogP contribution in [-0.4, -0.2) is 18.6 Å². The largest absolute Gasteiger partial charge is 0.493 e. The molecule has 0 bridgehead atoms. The molecule has 0 saturated carbocycles. The van der Waals surface area contributed by atoms with Crippen molar-refractivity contribution in [2.24, 2.45) is 5.92 Å². The summed E-state index contributed by atoms with van der Waals surface area (Å²) in [4.78, 5) is 12.5. The zero-order valence-corrected chi connectivity index (χ0v) is 14.7. The van der Waals surface area contributed by atoms with Gasteiger partial charge in [-0.15, -0.1) is 0 Å². The molecule has 4 heteroatoms. The van der Waals surface area contributed by atoms with Crippen molar-refractivity contribution in [2.75, 3.05) is 11.9 Å².